The van der Waals surface area contributed by atoms with E-state index < -0.39 is 5.97 Å². The third kappa shape index (κ3) is 2.64. The van der Waals surface area contributed by atoms with Crippen molar-refractivity contribution in [3.05, 3.63) is 12.4 Å². The summed E-state index contributed by atoms with van der Waals surface area (Å²) in [6, 6.07) is 0. The molecule has 0 saturated carbocycles. The topological polar surface area (TPSA) is 75.5 Å². The Morgan fingerprint density at radius 1 is 1.59 bits per heavy atom. The van der Waals surface area contributed by atoms with Crippen LogP contribution < -0.4 is 9.64 Å². The number of rotatable bonds is 5. The smallest absolute Gasteiger partial charge is 0.310 e. The van der Waals surface area contributed by atoms with E-state index in [-0.39, 0.29) is 5.92 Å². The molecule has 1 aliphatic rings. The molecule has 0 aliphatic carbocycles. The van der Waals surface area contributed by atoms with Crippen molar-refractivity contribution in [2.75, 3.05) is 24.6 Å². The molecule has 1 aromatic heterocycles. The fraction of sp³-hybridized carbons (Fsp3) is 0.545. The highest BCUT2D eigenvalue weighted by molar-refractivity contribution is 5.74. The lowest BCUT2D eigenvalue weighted by Gasteiger charge is -2.37. The van der Waals surface area contributed by atoms with Gasteiger partial charge in [0.05, 0.1) is 24.9 Å². The highest BCUT2D eigenvalue weighted by Crippen LogP contribution is 2.23. The Kier molecular flexibility index (Phi) is 3.41. The Morgan fingerprint density at radius 3 is 3.00 bits per heavy atom. The van der Waals surface area contributed by atoms with Crippen LogP contribution in [0.2, 0.25) is 0 Å². The first-order chi connectivity index (χ1) is 8.20. The number of ether oxygens (including phenoxy) is 1. The van der Waals surface area contributed by atoms with Crippen LogP contribution in [0.5, 0.6) is 5.88 Å². The summed E-state index contributed by atoms with van der Waals surface area (Å²) < 4.78 is 5.37. The standard InChI is InChI=1S/C11H15N3O3/c1-2-3-17-10-5-12-4-9(13-10)14-6-8(7-14)11(15)16/h4-5,8H,2-3,6-7H2,1H3,(H,15,16). The van der Waals surface area contributed by atoms with Gasteiger partial charge in [0.15, 0.2) is 5.82 Å². The number of aromatic nitrogens is 2. The maximum absolute atomic E-state index is 10.7. The molecule has 6 heteroatoms. The molecule has 2 heterocycles. The van der Waals surface area contributed by atoms with Crippen LogP contribution in [0.15, 0.2) is 12.4 Å². The lowest BCUT2D eigenvalue weighted by Crippen LogP contribution is -2.50. The number of anilines is 1. The normalized spacial score (nSPS) is 15.5. The monoisotopic (exact) mass is 237 g/mol. The summed E-state index contributed by atoms with van der Waals surface area (Å²) in [5, 5.41) is 8.78. The quantitative estimate of drug-likeness (QED) is 0.815. The van der Waals surface area contributed by atoms with E-state index in [4.69, 9.17) is 9.84 Å². The van der Waals surface area contributed by atoms with Crippen LogP contribution in [0.25, 0.3) is 0 Å². The first-order valence-electron chi connectivity index (χ1n) is 5.63. The zero-order chi connectivity index (χ0) is 12.3. The van der Waals surface area contributed by atoms with Crippen LogP contribution in [-0.2, 0) is 4.79 Å². The van der Waals surface area contributed by atoms with Gasteiger partial charge in [-0.15, -0.1) is 0 Å². The summed E-state index contributed by atoms with van der Waals surface area (Å²) in [4.78, 5) is 20.9. The fourth-order valence-corrected chi connectivity index (χ4v) is 1.59. The second-order valence-electron chi connectivity index (χ2n) is 4.00. The molecule has 1 aliphatic heterocycles. The number of aliphatic carboxylic acids is 1. The minimum Gasteiger partial charge on any atom is -0.481 e. The van der Waals surface area contributed by atoms with E-state index in [0.717, 1.165) is 6.42 Å². The predicted molar refractivity (Wildman–Crippen MR) is 61.2 cm³/mol. The Bertz CT molecular complexity index is 405. The molecule has 0 radical (unpaired) electrons. The molecule has 1 saturated heterocycles. The van der Waals surface area contributed by atoms with Gasteiger partial charge in [0.2, 0.25) is 5.88 Å². The minimum absolute atomic E-state index is 0.294. The van der Waals surface area contributed by atoms with Crippen molar-refractivity contribution in [3.8, 4) is 5.88 Å². The van der Waals surface area contributed by atoms with Crippen molar-refractivity contribution in [2.24, 2.45) is 5.92 Å². The van der Waals surface area contributed by atoms with E-state index in [2.05, 4.69) is 9.97 Å². The number of hydrogen-bond donors (Lipinski definition) is 1. The van der Waals surface area contributed by atoms with Gasteiger partial charge in [-0.2, -0.15) is 4.98 Å². The first-order valence-corrected chi connectivity index (χ1v) is 5.63. The van der Waals surface area contributed by atoms with Gasteiger partial charge in [0, 0.05) is 13.1 Å². The molecule has 0 unspecified atom stereocenters. The maximum Gasteiger partial charge on any atom is 0.310 e. The molecule has 0 atom stereocenters. The van der Waals surface area contributed by atoms with Crippen molar-refractivity contribution in [1.29, 1.82) is 0 Å². The summed E-state index contributed by atoms with van der Waals surface area (Å²) in [6.07, 6.45) is 4.10. The third-order valence-corrected chi connectivity index (χ3v) is 2.61. The molecule has 92 valence electrons. The highest BCUT2D eigenvalue weighted by atomic mass is 16.5. The average molecular weight is 237 g/mol. The number of hydrogen-bond acceptors (Lipinski definition) is 5. The SMILES string of the molecule is CCCOc1cncc(N2CC(C(=O)O)C2)n1. The van der Waals surface area contributed by atoms with E-state index >= 15 is 0 Å². The first kappa shape index (κ1) is 11.6. The van der Waals surface area contributed by atoms with E-state index in [1.807, 2.05) is 11.8 Å². The summed E-state index contributed by atoms with van der Waals surface area (Å²) in [6.45, 7) is 3.60. The highest BCUT2D eigenvalue weighted by Gasteiger charge is 2.33. The van der Waals surface area contributed by atoms with Crippen LogP contribution >= 0.6 is 0 Å². The zero-order valence-electron chi connectivity index (χ0n) is 9.67. The van der Waals surface area contributed by atoms with Crippen LogP contribution in [0.3, 0.4) is 0 Å². The molecule has 0 bridgehead atoms. The van der Waals surface area contributed by atoms with Crippen molar-refractivity contribution < 1.29 is 14.6 Å². The third-order valence-electron chi connectivity index (χ3n) is 2.61. The van der Waals surface area contributed by atoms with Crippen molar-refractivity contribution in [2.45, 2.75) is 13.3 Å². The lowest BCUT2D eigenvalue weighted by atomic mass is 10.0. The average Bonchev–Trinajstić information content (AvgIpc) is 2.24. The Morgan fingerprint density at radius 2 is 2.35 bits per heavy atom. The van der Waals surface area contributed by atoms with E-state index in [0.29, 0.717) is 31.4 Å². The van der Waals surface area contributed by atoms with Crippen LogP contribution in [-0.4, -0.2) is 40.7 Å². The minimum atomic E-state index is -0.757. The summed E-state index contributed by atoms with van der Waals surface area (Å²) in [5.74, 6) is 0.115. The zero-order valence-corrected chi connectivity index (χ0v) is 9.67. The molecule has 1 N–H and O–H groups in total. The van der Waals surface area contributed by atoms with Gasteiger partial charge in [0.1, 0.15) is 0 Å². The molecular weight excluding hydrogens is 222 g/mol. The van der Waals surface area contributed by atoms with Gasteiger partial charge >= 0.3 is 5.97 Å². The van der Waals surface area contributed by atoms with Crippen LogP contribution in [0.1, 0.15) is 13.3 Å². The van der Waals surface area contributed by atoms with Gasteiger partial charge < -0.3 is 14.7 Å². The largest absolute Gasteiger partial charge is 0.481 e. The number of carboxylic acids is 1. The molecule has 1 fully saturated rings. The van der Waals surface area contributed by atoms with E-state index in [1.54, 1.807) is 12.4 Å². The van der Waals surface area contributed by atoms with Gasteiger partial charge in [-0.05, 0) is 6.42 Å². The second kappa shape index (κ2) is 4.99. The molecule has 17 heavy (non-hydrogen) atoms. The van der Waals surface area contributed by atoms with Gasteiger partial charge in [0.25, 0.3) is 0 Å². The van der Waals surface area contributed by atoms with Gasteiger partial charge in [-0.3, -0.25) is 9.78 Å². The van der Waals surface area contributed by atoms with Crippen molar-refractivity contribution in [3.63, 3.8) is 0 Å². The molecular formula is C11H15N3O3. The second-order valence-corrected chi connectivity index (χ2v) is 4.00. The summed E-state index contributed by atoms with van der Waals surface area (Å²) >= 11 is 0. The van der Waals surface area contributed by atoms with Crippen molar-refractivity contribution in [1.82, 2.24) is 9.97 Å². The predicted octanol–water partition coefficient (Wildman–Crippen LogP) is 0.786. The molecule has 0 aromatic carbocycles. The Labute approximate surface area is 99.2 Å². The number of carbonyl (C=O) groups is 1. The molecule has 0 amide bonds. The summed E-state index contributed by atoms with van der Waals surface area (Å²) in [7, 11) is 0. The van der Waals surface area contributed by atoms with E-state index in [1.165, 1.54) is 0 Å². The molecule has 6 nitrogen and oxygen atoms in total. The Hall–Kier alpha value is -1.85. The number of carboxylic acid groups (broad SMARTS) is 1. The van der Waals surface area contributed by atoms with Crippen LogP contribution in [0, 0.1) is 5.92 Å². The van der Waals surface area contributed by atoms with Gasteiger partial charge in [-0.1, -0.05) is 6.92 Å². The number of nitrogens with zero attached hydrogens (tertiary/aromatic N) is 3. The van der Waals surface area contributed by atoms with E-state index in [9.17, 15) is 4.79 Å². The molecule has 0 spiro atoms. The summed E-state index contributed by atoms with van der Waals surface area (Å²) in [5.41, 5.74) is 0. The van der Waals surface area contributed by atoms with Crippen LogP contribution in [0.4, 0.5) is 5.82 Å². The lowest BCUT2D eigenvalue weighted by molar-refractivity contribution is -0.142. The Balaban J connectivity index is 1.96. The maximum atomic E-state index is 10.7. The molecule has 2 rings (SSSR count). The van der Waals surface area contributed by atoms with Gasteiger partial charge in [-0.25, -0.2) is 0 Å². The molecule has 1 aromatic rings. The van der Waals surface area contributed by atoms with Crippen molar-refractivity contribution >= 4 is 11.8 Å². The fourth-order valence-electron chi connectivity index (χ4n) is 1.59.